The van der Waals surface area contributed by atoms with Crippen molar-refractivity contribution in [1.29, 1.82) is 0 Å². The molecule has 2 N–H and O–H groups in total. The largest absolute Gasteiger partial charge is 0.390 e. The number of rotatable bonds is 1. The summed E-state index contributed by atoms with van der Waals surface area (Å²) in [6, 6.07) is 0. The molecular weight excluding hydrogens is 142 g/mol. The minimum absolute atomic E-state index is 0.981. The molecule has 0 aliphatic heterocycles. The van der Waals surface area contributed by atoms with E-state index in [1.165, 1.54) is 16.0 Å². The number of hydrogen-bond donors (Lipinski definition) is 1. The molecule has 1 aromatic rings. The molecule has 0 aliphatic rings. The minimum atomic E-state index is 0.981. The Morgan fingerprint density at radius 2 is 2.00 bits per heavy atom. The maximum absolute atomic E-state index is 5.74. The zero-order valence-electron chi connectivity index (χ0n) is 6.69. The van der Waals surface area contributed by atoms with Crippen molar-refractivity contribution in [2.24, 2.45) is 0 Å². The van der Waals surface area contributed by atoms with Gasteiger partial charge in [-0.15, -0.1) is 11.3 Å². The predicted octanol–water partition coefficient (Wildman–Crippen LogP) is 2.51. The Bertz CT molecular complexity index is 238. The molecule has 56 valence electrons. The smallest absolute Gasteiger partial charge is 0.0891 e. The first-order valence-electron chi connectivity index (χ1n) is 3.51. The van der Waals surface area contributed by atoms with E-state index in [9.17, 15) is 0 Å². The molecule has 0 saturated heterocycles. The van der Waals surface area contributed by atoms with Crippen LogP contribution < -0.4 is 5.73 Å². The SMILES string of the molecule is CCc1c(C)sc(N)c1C. The summed E-state index contributed by atoms with van der Waals surface area (Å²) in [5, 5.41) is 0.981. The van der Waals surface area contributed by atoms with E-state index >= 15 is 0 Å². The van der Waals surface area contributed by atoms with Crippen molar-refractivity contribution in [2.45, 2.75) is 27.2 Å². The highest BCUT2D eigenvalue weighted by Crippen LogP contribution is 2.29. The fourth-order valence-electron chi connectivity index (χ4n) is 1.23. The highest BCUT2D eigenvalue weighted by Gasteiger charge is 2.06. The van der Waals surface area contributed by atoms with Gasteiger partial charge in [0, 0.05) is 4.88 Å². The van der Waals surface area contributed by atoms with Crippen LogP contribution in [-0.4, -0.2) is 0 Å². The molecule has 0 aliphatic carbocycles. The van der Waals surface area contributed by atoms with E-state index in [0.29, 0.717) is 0 Å². The van der Waals surface area contributed by atoms with Gasteiger partial charge in [0.15, 0.2) is 0 Å². The number of nitrogen functional groups attached to an aromatic ring is 1. The maximum Gasteiger partial charge on any atom is 0.0891 e. The molecule has 1 heterocycles. The Kier molecular flexibility index (Phi) is 2.00. The van der Waals surface area contributed by atoms with Gasteiger partial charge in [-0.2, -0.15) is 0 Å². The Hall–Kier alpha value is -0.500. The van der Waals surface area contributed by atoms with E-state index < -0.39 is 0 Å². The van der Waals surface area contributed by atoms with Crippen LogP contribution in [0.1, 0.15) is 22.9 Å². The average Bonchev–Trinajstić information content (AvgIpc) is 2.09. The lowest BCUT2D eigenvalue weighted by Crippen LogP contribution is -1.85. The van der Waals surface area contributed by atoms with Crippen LogP contribution in [0.3, 0.4) is 0 Å². The molecule has 0 unspecified atom stereocenters. The van der Waals surface area contributed by atoms with Gasteiger partial charge in [0.1, 0.15) is 0 Å². The van der Waals surface area contributed by atoms with Crippen LogP contribution in [0.4, 0.5) is 5.00 Å². The van der Waals surface area contributed by atoms with Crippen molar-refractivity contribution in [3.05, 3.63) is 16.0 Å². The Balaban J connectivity index is 3.20. The van der Waals surface area contributed by atoms with E-state index in [0.717, 1.165) is 11.4 Å². The number of aryl methyl sites for hydroxylation is 1. The third-order valence-electron chi connectivity index (χ3n) is 1.86. The molecule has 1 nitrogen and oxygen atoms in total. The summed E-state index contributed by atoms with van der Waals surface area (Å²) in [4.78, 5) is 1.37. The summed E-state index contributed by atoms with van der Waals surface area (Å²) >= 11 is 1.70. The molecule has 2 heteroatoms. The second kappa shape index (κ2) is 2.62. The van der Waals surface area contributed by atoms with Crippen molar-refractivity contribution < 1.29 is 0 Å². The summed E-state index contributed by atoms with van der Waals surface area (Å²) in [7, 11) is 0. The highest BCUT2D eigenvalue weighted by molar-refractivity contribution is 7.16. The minimum Gasteiger partial charge on any atom is -0.390 e. The third-order valence-corrected chi connectivity index (χ3v) is 2.94. The van der Waals surface area contributed by atoms with E-state index in [-0.39, 0.29) is 0 Å². The number of hydrogen-bond acceptors (Lipinski definition) is 2. The zero-order valence-corrected chi connectivity index (χ0v) is 7.51. The Morgan fingerprint density at radius 1 is 1.40 bits per heavy atom. The first-order chi connectivity index (χ1) is 4.66. The molecule has 10 heavy (non-hydrogen) atoms. The van der Waals surface area contributed by atoms with Crippen LogP contribution in [0.25, 0.3) is 0 Å². The Morgan fingerprint density at radius 3 is 2.20 bits per heavy atom. The van der Waals surface area contributed by atoms with Gasteiger partial charge in [-0.25, -0.2) is 0 Å². The fraction of sp³-hybridized carbons (Fsp3) is 0.500. The predicted molar refractivity (Wildman–Crippen MR) is 47.6 cm³/mol. The second-order valence-electron chi connectivity index (χ2n) is 2.48. The Labute approximate surface area is 65.9 Å². The summed E-state index contributed by atoms with van der Waals surface area (Å²) in [5.41, 5.74) is 8.45. The third kappa shape index (κ3) is 1.03. The lowest BCUT2D eigenvalue weighted by molar-refractivity contribution is 1.11. The van der Waals surface area contributed by atoms with Crippen molar-refractivity contribution >= 4 is 16.3 Å². The molecule has 0 atom stereocenters. The van der Waals surface area contributed by atoms with Crippen LogP contribution in [0, 0.1) is 13.8 Å². The standard InChI is InChI=1S/C8H13NS/c1-4-7-5(2)8(9)10-6(7)3/h4,9H2,1-3H3. The molecule has 0 spiro atoms. The molecule has 0 bridgehead atoms. The lowest BCUT2D eigenvalue weighted by Gasteiger charge is -1.94. The average molecular weight is 155 g/mol. The van der Waals surface area contributed by atoms with Gasteiger partial charge in [-0.05, 0) is 31.4 Å². The fourth-order valence-corrected chi connectivity index (χ4v) is 2.26. The lowest BCUT2D eigenvalue weighted by atomic mass is 10.1. The van der Waals surface area contributed by atoms with Gasteiger partial charge < -0.3 is 5.73 Å². The van der Waals surface area contributed by atoms with Crippen LogP contribution in [0.15, 0.2) is 0 Å². The normalized spacial score (nSPS) is 10.3. The number of thiophene rings is 1. The van der Waals surface area contributed by atoms with Gasteiger partial charge in [-0.3, -0.25) is 0 Å². The maximum atomic E-state index is 5.74. The van der Waals surface area contributed by atoms with Crippen LogP contribution in [-0.2, 0) is 6.42 Å². The summed E-state index contributed by atoms with van der Waals surface area (Å²) in [5.74, 6) is 0. The van der Waals surface area contributed by atoms with Crippen LogP contribution in [0.2, 0.25) is 0 Å². The van der Waals surface area contributed by atoms with Crippen molar-refractivity contribution in [3.63, 3.8) is 0 Å². The van der Waals surface area contributed by atoms with Gasteiger partial charge >= 0.3 is 0 Å². The highest BCUT2D eigenvalue weighted by atomic mass is 32.1. The van der Waals surface area contributed by atoms with Gasteiger partial charge in [0.05, 0.1) is 5.00 Å². The molecule has 0 fully saturated rings. The molecule has 1 aromatic heterocycles. The summed E-state index contributed by atoms with van der Waals surface area (Å²) in [6.45, 7) is 6.39. The quantitative estimate of drug-likeness (QED) is 0.662. The van der Waals surface area contributed by atoms with Crippen molar-refractivity contribution in [3.8, 4) is 0 Å². The topological polar surface area (TPSA) is 26.0 Å². The first-order valence-corrected chi connectivity index (χ1v) is 4.32. The van der Waals surface area contributed by atoms with E-state index in [1.807, 2.05) is 0 Å². The molecule has 0 amide bonds. The van der Waals surface area contributed by atoms with Crippen molar-refractivity contribution in [1.82, 2.24) is 0 Å². The monoisotopic (exact) mass is 155 g/mol. The van der Waals surface area contributed by atoms with E-state index in [2.05, 4.69) is 20.8 Å². The van der Waals surface area contributed by atoms with Gasteiger partial charge in [-0.1, -0.05) is 6.92 Å². The number of anilines is 1. The van der Waals surface area contributed by atoms with Crippen LogP contribution >= 0.6 is 11.3 Å². The van der Waals surface area contributed by atoms with Gasteiger partial charge in [0.2, 0.25) is 0 Å². The van der Waals surface area contributed by atoms with Gasteiger partial charge in [0.25, 0.3) is 0 Å². The second-order valence-corrected chi connectivity index (χ2v) is 3.74. The molecule has 0 aromatic carbocycles. The van der Waals surface area contributed by atoms with Crippen molar-refractivity contribution in [2.75, 3.05) is 5.73 Å². The van der Waals surface area contributed by atoms with E-state index in [1.54, 1.807) is 11.3 Å². The molecule has 1 rings (SSSR count). The molecular formula is C8H13NS. The molecule has 0 saturated carbocycles. The summed E-state index contributed by atoms with van der Waals surface area (Å²) in [6.07, 6.45) is 1.10. The number of nitrogens with two attached hydrogens (primary N) is 1. The first kappa shape index (κ1) is 7.61. The summed E-state index contributed by atoms with van der Waals surface area (Å²) < 4.78 is 0. The van der Waals surface area contributed by atoms with E-state index in [4.69, 9.17) is 5.73 Å². The molecule has 0 radical (unpaired) electrons. The van der Waals surface area contributed by atoms with Crippen LogP contribution in [0.5, 0.6) is 0 Å². The zero-order chi connectivity index (χ0) is 7.72.